The third-order valence-electron chi connectivity index (χ3n) is 5.73. The molecule has 0 spiro atoms. The van der Waals surface area contributed by atoms with Crippen molar-refractivity contribution in [3.8, 4) is 17.2 Å². The van der Waals surface area contributed by atoms with E-state index in [2.05, 4.69) is 41.2 Å². The maximum Gasteiger partial charge on any atom is 0.195 e. The van der Waals surface area contributed by atoms with Gasteiger partial charge >= 0.3 is 0 Å². The summed E-state index contributed by atoms with van der Waals surface area (Å²) in [6.07, 6.45) is 6.00. The lowest BCUT2D eigenvalue weighted by molar-refractivity contribution is 0.103. The lowest BCUT2D eigenvalue weighted by Gasteiger charge is -2.14. The molecule has 0 saturated carbocycles. The minimum atomic E-state index is 0.0353. The molecule has 4 aromatic rings. The highest BCUT2D eigenvalue weighted by Gasteiger charge is 2.23. The SMILES string of the molecule is CCc1cc(-c2cn[nH]c2)c(CC)cc1C(=O)c1c(CC)[nH]c2cc(C#N)ccc12. The molecule has 2 heterocycles. The van der Waals surface area contributed by atoms with Gasteiger partial charge < -0.3 is 4.98 Å². The summed E-state index contributed by atoms with van der Waals surface area (Å²) in [5.74, 6) is 0.0353. The second-order valence-corrected chi connectivity index (χ2v) is 7.39. The van der Waals surface area contributed by atoms with Crippen LogP contribution in [0, 0.1) is 11.3 Å². The summed E-state index contributed by atoms with van der Waals surface area (Å²) in [7, 11) is 0. The van der Waals surface area contributed by atoms with Crippen LogP contribution in [-0.4, -0.2) is 21.0 Å². The summed E-state index contributed by atoms with van der Waals surface area (Å²) in [5.41, 5.74) is 8.09. The number of aryl methyl sites for hydroxylation is 3. The predicted octanol–water partition coefficient (Wildman–Crippen LogP) is 5.35. The Morgan fingerprint density at radius 2 is 1.87 bits per heavy atom. The molecule has 2 aromatic carbocycles. The monoisotopic (exact) mass is 396 g/mol. The standard InChI is InChI=1S/C25H24N4O/c1-4-16-11-21(17(5-2)10-20(16)18-13-27-28-14-18)25(30)24-19-8-7-15(12-26)9-23(19)29-22(24)6-3/h7-11,13-14,29H,4-6H2,1-3H3,(H,27,28). The van der Waals surface area contributed by atoms with Gasteiger partial charge in [0.05, 0.1) is 23.4 Å². The van der Waals surface area contributed by atoms with E-state index in [1.54, 1.807) is 6.07 Å². The third kappa shape index (κ3) is 3.21. The first kappa shape index (κ1) is 19.7. The Bertz CT molecular complexity index is 1270. The molecule has 0 unspecified atom stereocenters. The van der Waals surface area contributed by atoms with Crippen molar-refractivity contribution in [2.75, 3.05) is 0 Å². The van der Waals surface area contributed by atoms with Crippen LogP contribution in [0.4, 0.5) is 0 Å². The topological polar surface area (TPSA) is 85.3 Å². The molecule has 5 nitrogen and oxygen atoms in total. The molecule has 0 amide bonds. The number of hydrogen-bond donors (Lipinski definition) is 2. The Morgan fingerprint density at radius 3 is 2.50 bits per heavy atom. The van der Waals surface area contributed by atoms with E-state index in [0.717, 1.165) is 57.3 Å². The fourth-order valence-corrected chi connectivity index (χ4v) is 4.13. The van der Waals surface area contributed by atoms with E-state index < -0.39 is 0 Å². The number of carbonyl (C=O) groups is 1. The Hall–Kier alpha value is -3.65. The molecule has 0 bridgehead atoms. The highest BCUT2D eigenvalue weighted by molar-refractivity contribution is 6.18. The predicted molar refractivity (Wildman–Crippen MR) is 119 cm³/mol. The number of aromatic amines is 2. The first-order valence-electron chi connectivity index (χ1n) is 10.4. The number of aromatic nitrogens is 3. The van der Waals surface area contributed by atoms with Gasteiger partial charge in [-0.3, -0.25) is 9.89 Å². The Kier molecular flexibility index (Phi) is 5.24. The Morgan fingerprint density at radius 1 is 1.07 bits per heavy atom. The number of fused-ring (bicyclic) bond motifs is 1. The number of nitriles is 1. The van der Waals surface area contributed by atoms with E-state index in [4.69, 9.17) is 0 Å². The second-order valence-electron chi connectivity index (χ2n) is 7.39. The average Bonchev–Trinajstić information content (AvgIpc) is 3.44. The summed E-state index contributed by atoms with van der Waals surface area (Å²) in [5, 5.41) is 17.0. The van der Waals surface area contributed by atoms with Crippen LogP contribution >= 0.6 is 0 Å². The quantitative estimate of drug-likeness (QED) is 0.431. The van der Waals surface area contributed by atoms with Crippen molar-refractivity contribution >= 4 is 16.7 Å². The summed E-state index contributed by atoms with van der Waals surface area (Å²) >= 11 is 0. The number of nitrogens with zero attached hydrogens (tertiary/aromatic N) is 2. The van der Waals surface area contributed by atoms with Crippen LogP contribution in [0.3, 0.4) is 0 Å². The molecule has 2 N–H and O–H groups in total. The number of nitrogens with one attached hydrogen (secondary N) is 2. The molecular formula is C25H24N4O. The molecule has 0 saturated heterocycles. The lowest BCUT2D eigenvalue weighted by Crippen LogP contribution is -2.09. The van der Waals surface area contributed by atoms with Gasteiger partial charge in [0.2, 0.25) is 0 Å². The van der Waals surface area contributed by atoms with Gasteiger partial charge in [-0.1, -0.05) is 32.9 Å². The Balaban J connectivity index is 1.91. The van der Waals surface area contributed by atoms with Crippen LogP contribution in [0.5, 0.6) is 0 Å². The smallest absolute Gasteiger partial charge is 0.195 e. The van der Waals surface area contributed by atoms with Crippen molar-refractivity contribution in [1.29, 1.82) is 5.26 Å². The van der Waals surface area contributed by atoms with E-state index in [0.29, 0.717) is 17.5 Å². The Labute approximate surface area is 175 Å². The molecule has 0 aliphatic carbocycles. The van der Waals surface area contributed by atoms with Gasteiger partial charge in [0.25, 0.3) is 0 Å². The van der Waals surface area contributed by atoms with Gasteiger partial charge in [-0.2, -0.15) is 10.4 Å². The van der Waals surface area contributed by atoms with Crippen molar-refractivity contribution in [3.05, 3.63) is 76.2 Å². The molecule has 150 valence electrons. The zero-order valence-corrected chi connectivity index (χ0v) is 17.5. The largest absolute Gasteiger partial charge is 0.358 e. The molecule has 30 heavy (non-hydrogen) atoms. The van der Waals surface area contributed by atoms with Crippen LogP contribution in [0.25, 0.3) is 22.0 Å². The minimum Gasteiger partial charge on any atom is -0.358 e. The molecular weight excluding hydrogens is 372 g/mol. The van der Waals surface area contributed by atoms with Crippen molar-refractivity contribution in [2.24, 2.45) is 0 Å². The summed E-state index contributed by atoms with van der Waals surface area (Å²) in [6.45, 7) is 6.21. The number of rotatable bonds is 6. The maximum absolute atomic E-state index is 13.8. The molecule has 0 atom stereocenters. The van der Waals surface area contributed by atoms with Crippen LogP contribution in [0.1, 0.15) is 59.1 Å². The molecule has 5 heteroatoms. The van der Waals surface area contributed by atoms with Gasteiger partial charge in [0.1, 0.15) is 0 Å². The second kappa shape index (κ2) is 8.00. The highest BCUT2D eigenvalue weighted by atomic mass is 16.1. The van der Waals surface area contributed by atoms with Crippen molar-refractivity contribution < 1.29 is 4.79 Å². The van der Waals surface area contributed by atoms with E-state index >= 15 is 0 Å². The van der Waals surface area contributed by atoms with Crippen molar-refractivity contribution in [1.82, 2.24) is 15.2 Å². The van der Waals surface area contributed by atoms with Crippen LogP contribution in [0.15, 0.2) is 42.7 Å². The third-order valence-corrected chi connectivity index (χ3v) is 5.73. The van der Waals surface area contributed by atoms with Gasteiger partial charge in [-0.05, 0) is 54.2 Å². The normalized spacial score (nSPS) is 11.0. The number of hydrogen-bond acceptors (Lipinski definition) is 3. The summed E-state index contributed by atoms with van der Waals surface area (Å²) < 4.78 is 0. The summed E-state index contributed by atoms with van der Waals surface area (Å²) in [6, 6.07) is 11.8. The fourth-order valence-electron chi connectivity index (χ4n) is 4.13. The molecule has 0 aliphatic rings. The molecule has 4 rings (SSSR count). The minimum absolute atomic E-state index is 0.0353. The highest BCUT2D eigenvalue weighted by Crippen LogP contribution is 2.32. The molecule has 0 aliphatic heterocycles. The number of benzene rings is 2. The van der Waals surface area contributed by atoms with Crippen LogP contribution in [0.2, 0.25) is 0 Å². The van der Waals surface area contributed by atoms with E-state index in [1.807, 2.05) is 37.5 Å². The van der Waals surface area contributed by atoms with Crippen LogP contribution < -0.4 is 0 Å². The number of ketones is 1. The van der Waals surface area contributed by atoms with E-state index in [9.17, 15) is 10.1 Å². The maximum atomic E-state index is 13.8. The number of H-pyrrole nitrogens is 2. The fraction of sp³-hybridized carbons (Fsp3) is 0.240. The van der Waals surface area contributed by atoms with Crippen molar-refractivity contribution in [2.45, 2.75) is 40.0 Å². The van der Waals surface area contributed by atoms with Gasteiger partial charge in [-0.25, -0.2) is 0 Å². The van der Waals surface area contributed by atoms with Gasteiger partial charge in [0.15, 0.2) is 5.78 Å². The molecule has 0 fully saturated rings. The first-order chi connectivity index (χ1) is 14.6. The van der Waals surface area contributed by atoms with Crippen LogP contribution in [-0.2, 0) is 19.3 Å². The number of carbonyl (C=O) groups excluding carboxylic acids is 1. The van der Waals surface area contributed by atoms with Gasteiger partial charge in [0, 0.05) is 33.9 Å². The zero-order chi connectivity index (χ0) is 21.3. The van der Waals surface area contributed by atoms with Crippen molar-refractivity contribution in [3.63, 3.8) is 0 Å². The summed E-state index contributed by atoms with van der Waals surface area (Å²) in [4.78, 5) is 17.2. The average molecular weight is 396 g/mol. The van der Waals surface area contributed by atoms with E-state index in [1.165, 1.54) is 0 Å². The lowest BCUT2D eigenvalue weighted by atomic mass is 9.88. The molecule has 0 radical (unpaired) electrons. The van der Waals surface area contributed by atoms with Gasteiger partial charge in [-0.15, -0.1) is 0 Å². The zero-order valence-electron chi connectivity index (χ0n) is 17.5. The first-order valence-corrected chi connectivity index (χ1v) is 10.4. The van der Waals surface area contributed by atoms with E-state index in [-0.39, 0.29) is 5.78 Å². The molecule has 2 aromatic heterocycles.